The molecule has 0 amide bonds. The normalized spacial score (nSPS) is 13.8. The number of hydrogen-bond donors (Lipinski definition) is 1. The molecule has 1 unspecified atom stereocenters. The summed E-state index contributed by atoms with van der Waals surface area (Å²) in [6, 6.07) is 6.49. The van der Waals surface area contributed by atoms with E-state index in [1.807, 2.05) is 0 Å². The molecule has 0 aliphatic heterocycles. The monoisotopic (exact) mass is 249 g/mol. The molecule has 0 saturated carbocycles. The Morgan fingerprint density at radius 3 is 2.28 bits per heavy atom. The van der Waals surface area contributed by atoms with Gasteiger partial charge in [-0.15, -0.1) is 0 Å². The van der Waals surface area contributed by atoms with Crippen LogP contribution in [0.3, 0.4) is 0 Å². The molecule has 1 atom stereocenters. The van der Waals surface area contributed by atoms with Gasteiger partial charge in [-0.3, -0.25) is 0 Å². The predicted molar refractivity (Wildman–Crippen MR) is 78.2 cm³/mol. The van der Waals surface area contributed by atoms with Crippen LogP contribution in [0.1, 0.15) is 45.7 Å². The summed E-state index contributed by atoms with van der Waals surface area (Å²) in [7, 11) is 0. The van der Waals surface area contributed by atoms with Crippen LogP contribution >= 0.6 is 0 Å². The molecule has 0 aromatic heterocycles. The molecule has 2 heteroatoms. The molecule has 0 aliphatic rings. The van der Waals surface area contributed by atoms with E-state index in [2.05, 4.69) is 59.7 Å². The van der Waals surface area contributed by atoms with Gasteiger partial charge in [0.25, 0.3) is 0 Å². The Bertz CT molecular complexity index is 391. The number of hydrogen-bond acceptors (Lipinski definition) is 2. The van der Waals surface area contributed by atoms with E-state index < -0.39 is 0 Å². The van der Waals surface area contributed by atoms with Crippen molar-refractivity contribution in [3.8, 4) is 5.75 Å². The van der Waals surface area contributed by atoms with E-state index in [1.54, 1.807) is 0 Å². The maximum atomic E-state index is 5.99. The summed E-state index contributed by atoms with van der Waals surface area (Å²) in [5.41, 5.74) is 8.68. The predicted octanol–water partition coefficient (Wildman–Crippen LogP) is 3.65. The lowest BCUT2D eigenvalue weighted by atomic mass is 9.86. The molecule has 1 aromatic rings. The standard InChI is InChI=1S/C16H27NO/c1-11(2)14(17)10-18-15-8-7-13(9-12(15)3)16(4,5)6/h7-9,11,14H,10,17H2,1-6H3. The molecule has 18 heavy (non-hydrogen) atoms. The SMILES string of the molecule is Cc1cc(C(C)(C)C)ccc1OCC(N)C(C)C. The second kappa shape index (κ2) is 5.75. The van der Waals surface area contributed by atoms with E-state index >= 15 is 0 Å². The fraction of sp³-hybridized carbons (Fsp3) is 0.625. The summed E-state index contributed by atoms with van der Waals surface area (Å²) in [4.78, 5) is 0. The Balaban J connectivity index is 2.75. The lowest BCUT2D eigenvalue weighted by Gasteiger charge is -2.22. The van der Waals surface area contributed by atoms with Gasteiger partial charge in [-0.2, -0.15) is 0 Å². The van der Waals surface area contributed by atoms with Crippen molar-refractivity contribution in [1.82, 2.24) is 0 Å². The number of benzene rings is 1. The van der Waals surface area contributed by atoms with Crippen LogP contribution in [0.4, 0.5) is 0 Å². The molecule has 102 valence electrons. The molecule has 1 aromatic carbocycles. The molecular formula is C16H27NO. The molecule has 0 radical (unpaired) electrons. The average Bonchev–Trinajstić information content (AvgIpc) is 2.25. The molecule has 0 fully saturated rings. The zero-order valence-corrected chi connectivity index (χ0v) is 12.6. The lowest BCUT2D eigenvalue weighted by molar-refractivity contribution is 0.258. The van der Waals surface area contributed by atoms with Crippen molar-refractivity contribution >= 4 is 0 Å². The van der Waals surface area contributed by atoms with E-state index in [4.69, 9.17) is 10.5 Å². The highest BCUT2D eigenvalue weighted by Crippen LogP contribution is 2.27. The van der Waals surface area contributed by atoms with Crippen molar-refractivity contribution < 1.29 is 4.74 Å². The third kappa shape index (κ3) is 4.02. The first-order valence-corrected chi connectivity index (χ1v) is 6.71. The summed E-state index contributed by atoms with van der Waals surface area (Å²) in [6.07, 6.45) is 0. The Morgan fingerprint density at radius 2 is 1.83 bits per heavy atom. The third-order valence-electron chi connectivity index (χ3n) is 3.33. The number of aryl methyl sites for hydroxylation is 1. The summed E-state index contributed by atoms with van der Waals surface area (Å²) in [5.74, 6) is 1.39. The van der Waals surface area contributed by atoms with Gasteiger partial charge >= 0.3 is 0 Å². The van der Waals surface area contributed by atoms with Crippen LogP contribution < -0.4 is 10.5 Å². The minimum atomic E-state index is 0.0895. The molecule has 1 rings (SSSR count). The molecule has 0 heterocycles. The van der Waals surface area contributed by atoms with E-state index in [-0.39, 0.29) is 11.5 Å². The van der Waals surface area contributed by atoms with Crippen LogP contribution in [-0.2, 0) is 5.41 Å². The summed E-state index contributed by atoms with van der Waals surface area (Å²) in [5, 5.41) is 0. The van der Waals surface area contributed by atoms with Crippen LogP contribution in [0, 0.1) is 12.8 Å². The largest absolute Gasteiger partial charge is 0.492 e. The van der Waals surface area contributed by atoms with Crippen molar-refractivity contribution in [3.63, 3.8) is 0 Å². The van der Waals surface area contributed by atoms with E-state index in [0.717, 1.165) is 5.75 Å². The van der Waals surface area contributed by atoms with Crippen LogP contribution in [0.15, 0.2) is 18.2 Å². The molecule has 0 aliphatic carbocycles. The van der Waals surface area contributed by atoms with Gasteiger partial charge in [0.2, 0.25) is 0 Å². The molecule has 0 saturated heterocycles. The van der Waals surface area contributed by atoms with Crippen molar-refractivity contribution in [2.45, 2.75) is 53.0 Å². The fourth-order valence-corrected chi connectivity index (χ4v) is 1.66. The van der Waals surface area contributed by atoms with Gasteiger partial charge in [0, 0.05) is 6.04 Å². The topological polar surface area (TPSA) is 35.2 Å². The van der Waals surface area contributed by atoms with E-state index in [9.17, 15) is 0 Å². The lowest BCUT2D eigenvalue weighted by Crippen LogP contribution is -2.33. The summed E-state index contributed by atoms with van der Waals surface area (Å²) in [6.45, 7) is 13.6. The summed E-state index contributed by atoms with van der Waals surface area (Å²) >= 11 is 0. The van der Waals surface area contributed by atoms with Gasteiger partial charge in [0.1, 0.15) is 12.4 Å². The molecule has 2 N–H and O–H groups in total. The Kier molecular flexibility index (Phi) is 4.80. The molecule has 0 spiro atoms. The number of rotatable bonds is 4. The van der Waals surface area contributed by atoms with Gasteiger partial charge in [-0.1, -0.05) is 46.8 Å². The minimum absolute atomic E-state index is 0.0895. The highest BCUT2D eigenvalue weighted by atomic mass is 16.5. The fourth-order valence-electron chi connectivity index (χ4n) is 1.66. The molecule has 0 bridgehead atoms. The molecular weight excluding hydrogens is 222 g/mol. The van der Waals surface area contributed by atoms with Gasteiger partial charge in [0.15, 0.2) is 0 Å². The quantitative estimate of drug-likeness (QED) is 0.884. The van der Waals surface area contributed by atoms with E-state index in [0.29, 0.717) is 12.5 Å². The Labute approximate surface area is 112 Å². The number of ether oxygens (including phenoxy) is 1. The second-order valence-electron chi connectivity index (χ2n) is 6.45. The first kappa shape index (κ1) is 15.0. The van der Waals surface area contributed by atoms with Crippen LogP contribution in [-0.4, -0.2) is 12.6 Å². The highest BCUT2D eigenvalue weighted by Gasteiger charge is 2.15. The smallest absolute Gasteiger partial charge is 0.122 e. The van der Waals surface area contributed by atoms with E-state index in [1.165, 1.54) is 11.1 Å². The number of nitrogens with two attached hydrogens (primary N) is 1. The zero-order valence-electron chi connectivity index (χ0n) is 12.6. The zero-order chi connectivity index (χ0) is 13.9. The van der Waals surface area contributed by atoms with Crippen LogP contribution in [0.25, 0.3) is 0 Å². The minimum Gasteiger partial charge on any atom is -0.492 e. The highest BCUT2D eigenvalue weighted by molar-refractivity contribution is 5.38. The Hall–Kier alpha value is -1.02. The van der Waals surface area contributed by atoms with Crippen molar-refractivity contribution in [2.75, 3.05) is 6.61 Å². The van der Waals surface area contributed by atoms with Gasteiger partial charge in [-0.05, 0) is 35.4 Å². The summed E-state index contributed by atoms with van der Waals surface area (Å²) < 4.78 is 5.80. The van der Waals surface area contributed by atoms with Gasteiger partial charge < -0.3 is 10.5 Å². The maximum Gasteiger partial charge on any atom is 0.122 e. The third-order valence-corrected chi connectivity index (χ3v) is 3.33. The van der Waals surface area contributed by atoms with Gasteiger partial charge in [0.05, 0.1) is 0 Å². The van der Waals surface area contributed by atoms with Crippen molar-refractivity contribution in [1.29, 1.82) is 0 Å². The first-order valence-electron chi connectivity index (χ1n) is 6.71. The average molecular weight is 249 g/mol. The van der Waals surface area contributed by atoms with Crippen LogP contribution in [0.5, 0.6) is 5.75 Å². The maximum absolute atomic E-state index is 5.99. The molecule has 2 nitrogen and oxygen atoms in total. The van der Waals surface area contributed by atoms with Crippen molar-refractivity contribution in [3.05, 3.63) is 29.3 Å². The first-order chi connectivity index (χ1) is 8.21. The second-order valence-corrected chi connectivity index (χ2v) is 6.45. The van der Waals surface area contributed by atoms with Gasteiger partial charge in [-0.25, -0.2) is 0 Å². The Morgan fingerprint density at radius 1 is 1.22 bits per heavy atom. The van der Waals surface area contributed by atoms with Crippen LogP contribution in [0.2, 0.25) is 0 Å². The van der Waals surface area contributed by atoms with Crippen molar-refractivity contribution in [2.24, 2.45) is 11.7 Å².